The van der Waals surface area contributed by atoms with Gasteiger partial charge in [0.05, 0.1) is 12.9 Å². The van der Waals surface area contributed by atoms with Gasteiger partial charge in [-0.1, -0.05) is 12.1 Å². The third-order valence-electron chi connectivity index (χ3n) is 5.52. The molecule has 1 aromatic carbocycles. The highest BCUT2D eigenvalue weighted by atomic mass is 16.6. The van der Waals surface area contributed by atoms with Crippen LogP contribution in [0.4, 0.5) is 0 Å². The van der Waals surface area contributed by atoms with Gasteiger partial charge >= 0.3 is 0 Å². The fourth-order valence-corrected chi connectivity index (χ4v) is 4.05. The molecule has 0 aliphatic carbocycles. The van der Waals surface area contributed by atoms with Crippen LogP contribution in [-0.2, 0) is 20.1 Å². The molecule has 0 N–H and O–H groups in total. The maximum Gasteiger partial charge on any atom is 0.152 e. The molecule has 5 rings (SSSR count). The van der Waals surface area contributed by atoms with Crippen molar-refractivity contribution in [3.05, 3.63) is 54.1 Å². The van der Waals surface area contributed by atoms with Crippen LogP contribution in [0.5, 0.6) is 0 Å². The van der Waals surface area contributed by atoms with Crippen LogP contribution in [0.15, 0.2) is 41.5 Å². The number of rotatable bonds is 5. The smallest absolute Gasteiger partial charge is 0.152 e. The molecule has 0 saturated carbocycles. The third-order valence-corrected chi connectivity index (χ3v) is 5.52. The molecule has 9 heteroatoms. The Hall–Kier alpha value is -3.07. The molecule has 144 valence electrons. The van der Waals surface area contributed by atoms with E-state index in [0.29, 0.717) is 12.5 Å². The van der Waals surface area contributed by atoms with Gasteiger partial charge in [-0.05, 0) is 41.3 Å². The van der Waals surface area contributed by atoms with Gasteiger partial charge in [-0.25, -0.2) is 9.61 Å². The van der Waals surface area contributed by atoms with Gasteiger partial charge in [0.25, 0.3) is 0 Å². The molecular weight excluding hydrogens is 356 g/mol. The Bertz CT molecular complexity index is 1070. The number of hydrogen-bond donors (Lipinski definition) is 0. The third kappa shape index (κ3) is 3.18. The standard InChI is InChI=1S/C19H22N8O/c1-25-17(12-27-9-7-20-13-27)21-22-19(25)15-5-3-8-26(11-15)10-14-4-2-6-16-18(14)24-28-23-16/h2,4,6-7,9,13,15H,3,5,8,10-12H2,1H3. The molecule has 1 atom stereocenters. The quantitative estimate of drug-likeness (QED) is 0.524. The zero-order chi connectivity index (χ0) is 18.9. The minimum absolute atomic E-state index is 0.373. The van der Waals surface area contributed by atoms with E-state index in [4.69, 9.17) is 4.63 Å². The van der Waals surface area contributed by atoms with Gasteiger partial charge in [-0.15, -0.1) is 10.2 Å². The second-order valence-electron chi connectivity index (χ2n) is 7.39. The van der Waals surface area contributed by atoms with E-state index in [0.717, 1.165) is 60.7 Å². The van der Waals surface area contributed by atoms with Gasteiger partial charge in [0.1, 0.15) is 16.9 Å². The maximum atomic E-state index is 4.90. The van der Waals surface area contributed by atoms with E-state index in [1.165, 1.54) is 0 Å². The number of benzene rings is 1. The highest BCUT2D eigenvalue weighted by Crippen LogP contribution is 2.27. The molecule has 0 amide bonds. The van der Waals surface area contributed by atoms with Crippen LogP contribution in [0, 0.1) is 0 Å². The Morgan fingerprint density at radius 1 is 1.18 bits per heavy atom. The first-order chi connectivity index (χ1) is 13.8. The zero-order valence-electron chi connectivity index (χ0n) is 15.8. The molecule has 0 bridgehead atoms. The topological polar surface area (TPSA) is 90.7 Å². The molecule has 1 aliphatic rings. The number of hydrogen-bond acceptors (Lipinski definition) is 7. The molecule has 4 aromatic rings. The predicted octanol–water partition coefficient (Wildman–Crippen LogP) is 1.98. The largest absolute Gasteiger partial charge is 0.330 e. The van der Waals surface area contributed by atoms with Crippen LogP contribution in [0.25, 0.3) is 11.0 Å². The molecule has 1 unspecified atom stereocenters. The minimum Gasteiger partial charge on any atom is -0.330 e. The van der Waals surface area contributed by atoms with Gasteiger partial charge in [0.2, 0.25) is 0 Å². The second-order valence-corrected chi connectivity index (χ2v) is 7.39. The van der Waals surface area contributed by atoms with E-state index in [-0.39, 0.29) is 0 Å². The normalized spacial score (nSPS) is 18.1. The second kappa shape index (κ2) is 7.16. The Balaban J connectivity index is 1.32. The Kier molecular flexibility index (Phi) is 4.36. The number of imidazole rings is 1. The lowest BCUT2D eigenvalue weighted by atomic mass is 9.96. The average molecular weight is 378 g/mol. The van der Waals surface area contributed by atoms with Crippen molar-refractivity contribution in [1.29, 1.82) is 0 Å². The van der Waals surface area contributed by atoms with Gasteiger partial charge in [0.15, 0.2) is 5.82 Å². The lowest BCUT2D eigenvalue weighted by Gasteiger charge is -2.32. The summed E-state index contributed by atoms with van der Waals surface area (Å²) in [6.45, 7) is 3.54. The summed E-state index contributed by atoms with van der Waals surface area (Å²) < 4.78 is 9.04. The van der Waals surface area contributed by atoms with Crippen LogP contribution in [0.3, 0.4) is 0 Å². The fourth-order valence-electron chi connectivity index (χ4n) is 4.05. The van der Waals surface area contributed by atoms with Crippen LogP contribution in [-0.4, -0.2) is 52.6 Å². The van der Waals surface area contributed by atoms with Gasteiger partial charge < -0.3 is 9.13 Å². The van der Waals surface area contributed by atoms with E-state index in [1.54, 1.807) is 12.5 Å². The lowest BCUT2D eigenvalue weighted by molar-refractivity contribution is 0.195. The van der Waals surface area contributed by atoms with Crippen molar-refractivity contribution >= 4 is 11.0 Å². The molecule has 4 heterocycles. The van der Waals surface area contributed by atoms with Crippen molar-refractivity contribution in [2.45, 2.75) is 31.8 Å². The number of aromatic nitrogens is 7. The van der Waals surface area contributed by atoms with Gasteiger partial charge in [0, 0.05) is 38.4 Å². The summed E-state index contributed by atoms with van der Waals surface area (Å²) >= 11 is 0. The van der Waals surface area contributed by atoms with Crippen molar-refractivity contribution in [3.8, 4) is 0 Å². The summed E-state index contributed by atoms with van der Waals surface area (Å²) in [5.74, 6) is 2.38. The molecule has 9 nitrogen and oxygen atoms in total. The van der Waals surface area contributed by atoms with Crippen LogP contribution < -0.4 is 0 Å². The first-order valence-electron chi connectivity index (χ1n) is 9.54. The highest BCUT2D eigenvalue weighted by Gasteiger charge is 2.26. The molecule has 0 radical (unpaired) electrons. The number of nitrogens with zero attached hydrogens (tertiary/aromatic N) is 8. The average Bonchev–Trinajstić information content (AvgIpc) is 3.45. The van der Waals surface area contributed by atoms with Crippen LogP contribution in [0.1, 0.15) is 36.0 Å². The molecule has 28 heavy (non-hydrogen) atoms. The highest BCUT2D eigenvalue weighted by molar-refractivity contribution is 5.76. The molecular formula is C19H22N8O. The number of fused-ring (bicyclic) bond motifs is 1. The van der Waals surface area contributed by atoms with Crippen molar-refractivity contribution in [2.75, 3.05) is 13.1 Å². The first-order valence-corrected chi connectivity index (χ1v) is 9.54. The van der Waals surface area contributed by atoms with Gasteiger partial charge in [-0.2, -0.15) is 0 Å². The zero-order valence-corrected chi connectivity index (χ0v) is 15.8. The van der Waals surface area contributed by atoms with Crippen LogP contribution >= 0.6 is 0 Å². The summed E-state index contributed by atoms with van der Waals surface area (Å²) in [7, 11) is 2.06. The Morgan fingerprint density at radius 3 is 3.04 bits per heavy atom. The minimum atomic E-state index is 0.373. The van der Waals surface area contributed by atoms with Crippen molar-refractivity contribution in [1.82, 2.24) is 39.5 Å². The summed E-state index contributed by atoms with van der Waals surface area (Å²) in [6, 6.07) is 6.03. The van der Waals surface area contributed by atoms with Crippen molar-refractivity contribution in [2.24, 2.45) is 7.05 Å². The SMILES string of the molecule is Cn1c(Cn2ccnc2)nnc1C1CCCN(Cc2cccc3nonc23)C1. The molecule has 0 spiro atoms. The van der Waals surface area contributed by atoms with E-state index >= 15 is 0 Å². The number of piperidine rings is 1. The number of likely N-dealkylation sites (tertiary alicyclic amines) is 1. The predicted molar refractivity (Wildman–Crippen MR) is 101 cm³/mol. The molecule has 1 aliphatic heterocycles. The van der Waals surface area contributed by atoms with E-state index in [1.807, 2.05) is 22.9 Å². The van der Waals surface area contributed by atoms with E-state index < -0.39 is 0 Å². The molecule has 1 fully saturated rings. The lowest BCUT2D eigenvalue weighted by Crippen LogP contribution is -2.35. The monoisotopic (exact) mass is 378 g/mol. The summed E-state index contributed by atoms with van der Waals surface area (Å²) in [5, 5.41) is 17.0. The molecule has 1 saturated heterocycles. The van der Waals surface area contributed by atoms with Crippen molar-refractivity contribution < 1.29 is 4.63 Å². The fraction of sp³-hybridized carbons (Fsp3) is 0.421. The van der Waals surface area contributed by atoms with E-state index in [2.05, 4.69) is 48.1 Å². The maximum absolute atomic E-state index is 4.90. The summed E-state index contributed by atoms with van der Waals surface area (Å²) in [5.41, 5.74) is 2.81. The van der Waals surface area contributed by atoms with Crippen molar-refractivity contribution in [3.63, 3.8) is 0 Å². The Morgan fingerprint density at radius 2 is 2.14 bits per heavy atom. The van der Waals surface area contributed by atoms with E-state index in [9.17, 15) is 0 Å². The Labute approximate surface area is 162 Å². The molecule has 3 aromatic heterocycles. The first kappa shape index (κ1) is 17.1. The van der Waals surface area contributed by atoms with Gasteiger partial charge in [-0.3, -0.25) is 4.90 Å². The summed E-state index contributed by atoms with van der Waals surface area (Å²) in [6.07, 6.45) is 7.79. The summed E-state index contributed by atoms with van der Waals surface area (Å²) in [4.78, 5) is 6.55. The van der Waals surface area contributed by atoms with Crippen LogP contribution in [0.2, 0.25) is 0 Å².